The molecule has 2 atom stereocenters. The fourth-order valence-electron chi connectivity index (χ4n) is 2.77. The first-order valence-corrected chi connectivity index (χ1v) is 5.99. The molecule has 2 saturated heterocycles. The molecule has 2 bridgehead atoms. The third kappa shape index (κ3) is 1.65. The molecule has 0 aromatic carbocycles. The summed E-state index contributed by atoms with van der Waals surface area (Å²) in [6.45, 7) is 3.96. The van der Waals surface area contributed by atoms with Gasteiger partial charge in [0.25, 0.3) is 0 Å². The van der Waals surface area contributed by atoms with Crippen molar-refractivity contribution in [2.24, 2.45) is 5.92 Å². The van der Waals surface area contributed by atoms with E-state index in [9.17, 15) is 4.79 Å². The minimum atomic E-state index is 0.130. The standard InChI is InChI=1S/C11H18ClNO/c1-7(2)11(14)13-9-3-4-10(13)6-8(12)5-9/h7-10H,3-6H2,1-2H3. The Labute approximate surface area is 90.6 Å². The van der Waals surface area contributed by atoms with Crippen LogP contribution in [0.5, 0.6) is 0 Å². The Morgan fingerprint density at radius 3 is 2.21 bits per heavy atom. The van der Waals surface area contributed by atoms with Crippen LogP contribution in [0.25, 0.3) is 0 Å². The highest BCUT2D eigenvalue weighted by Crippen LogP contribution is 2.38. The first-order valence-electron chi connectivity index (χ1n) is 5.56. The van der Waals surface area contributed by atoms with Crippen LogP contribution in [0.4, 0.5) is 0 Å². The normalized spacial score (nSPS) is 36.6. The molecule has 0 aromatic rings. The van der Waals surface area contributed by atoms with Crippen LogP contribution in [0, 0.1) is 5.92 Å². The Balaban J connectivity index is 2.11. The molecule has 2 heterocycles. The van der Waals surface area contributed by atoms with Gasteiger partial charge in [0.2, 0.25) is 5.91 Å². The third-order valence-corrected chi connectivity index (χ3v) is 3.78. The first kappa shape index (κ1) is 10.3. The van der Waals surface area contributed by atoms with E-state index in [-0.39, 0.29) is 5.92 Å². The molecule has 0 spiro atoms. The van der Waals surface area contributed by atoms with Crippen LogP contribution in [0.15, 0.2) is 0 Å². The van der Waals surface area contributed by atoms with Gasteiger partial charge in [-0.25, -0.2) is 0 Å². The number of carbonyl (C=O) groups is 1. The fourth-order valence-corrected chi connectivity index (χ4v) is 3.18. The molecule has 0 radical (unpaired) electrons. The average molecular weight is 216 g/mol. The predicted octanol–water partition coefficient (Wildman–Crippen LogP) is 2.40. The van der Waals surface area contributed by atoms with Crippen LogP contribution in [0.3, 0.4) is 0 Å². The zero-order chi connectivity index (χ0) is 10.3. The molecule has 2 rings (SSSR count). The fraction of sp³-hybridized carbons (Fsp3) is 0.909. The highest BCUT2D eigenvalue weighted by Gasteiger charge is 2.42. The van der Waals surface area contributed by atoms with E-state index in [1.165, 1.54) is 0 Å². The summed E-state index contributed by atoms with van der Waals surface area (Å²) in [6, 6.07) is 0.872. The molecule has 0 aliphatic carbocycles. The lowest BCUT2D eigenvalue weighted by Crippen LogP contribution is -2.48. The number of piperidine rings is 1. The number of fused-ring (bicyclic) bond motifs is 2. The second-order valence-electron chi connectivity index (χ2n) is 4.85. The quantitative estimate of drug-likeness (QED) is 0.616. The number of nitrogens with zero attached hydrogens (tertiary/aromatic N) is 1. The summed E-state index contributed by atoms with van der Waals surface area (Å²) >= 11 is 6.16. The van der Waals surface area contributed by atoms with Crippen molar-refractivity contribution < 1.29 is 4.79 Å². The van der Waals surface area contributed by atoms with E-state index in [0.29, 0.717) is 23.4 Å². The van der Waals surface area contributed by atoms with Crippen molar-refractivity contribution >= 4 is 17.5 Å². The molecule has 2 unspecified atom stereocenters. The van der Waals surface area contributed by atoms with E-state index < -0.39 is 0 Å². The minimum absolute atomic E-state index is 0.130. The lowest BCUT2D eigenvalue weighted by Gasteiger charge is -2.38. The summed E-state index contributed by atoms with van der Waals surface area (Å²) in [5.74, 6) is 0.450. The van der Waals surface area contributed by atoms with Gasteiger partial charge in [-0.05, 0) is 25.7 Å². The molecule has 0 aromatic heterocycles. The molecule has 14 heavy (non-hydrogen) atoms. The molecule has 1 amide bonds. The highest BCUT2D eigenvalue weighted by atomic mass is 35.5. The minimum Gasteiger partial charge on any atom is -0.336 e. The van der Waals surface area contributed by atoms with Crippen molar-refractivity contribution in [2.45, 2.75) is 57.0 Å². The van der Waals surface area contributed by atoms with Gasteiger partial charge in [0, 0.05) is 23.4 Å². The molecule has 2 aliphatic heterocycles. The maximum atomic E-state index is 11.9. The van der Waals surface area contributed by atoms with E-state index >= 15 is 0 Å². The Bertz CT molecular complexity index is 227. The van der Waals surface area contributed by atoms with Gasteiger partial charge in [-0.1, -0.05) is 13.8 Å². The van der Waals surface area contributed by atoms with Crippen LogP contribution in [0.1, 0.15) is 39.5 Å². The van der Waals surface area contributed by atoms with Gasteiger partial charge in [0.05, 0.1) is 0 Å². The average Bonchev–Trinajstić information content (AvgIpc) is 2.37. The van der Waals surface area contributed by atoms with Crippen molar-refractivity contribution in [1.82, 2.24) is 4.90 Å². The summed E-state index contributed by atoms with van der Waals surface area (Å²) < 4.78 is 0. The van der Waals surface area contributed by atoms with E-state index in [2.05, 4.69) is 4.90 Å². The van der Waals surface area contributed by atoms with Gasteiger partial charge in [-0.15, -0.1) is 11.6 Å². The number of rotatable bonds is 1. The van der Waals surface area contributed by atoms with Gasteiger partial charge < -0.3 is 4.90 Å². The summed E-state index contributed by atoms with van der Waals surface area (Å²) in [7, 11) is 0. The van der Waals surface area contributed by atoms with Gasteiger partial charge >= 0.3 is 0 Å². The zero-order valence-corrected chi connectivity index (χ0v) is 9.63. The number of alkyl halides is 1. The molecule has 2 fully saturated rings. The zero-order valence-electron chi connectivity index (χ0n) is 8.87. The van der Waals surface area contributed by atoms with Crippen LogP contribution in [-0.2, 0) is 4.79 Å². The number of hydrogen-bond acceptors (Lipinski definition) is 1. The maximum Gasteiger partial charge on any atom is 0.225 e. The Hall–Kier alpha value is -0.240. The van der Waals surface area contributed by atoms with Gasteiger partial charge in [-0.2, -0.15) is 0 Å². The van der Waals surface area contributed by atoms with Gasteiger partial charge in [0.15, 0.2) is 0 Å². The van der Waals surface area contributed by atoms with E-state index in [1.807, 2.05) is 13.8 Å². The largest absolute Gasteiger partial charge is 0.336 e. The molecular weight excluding hydrogens is 198 g/mol. The maximum absolute atomic E-state index is 11.9. The molecule has 3 heteroatoms. The van der Waals surface area contributed by atoms with Crippen molar-refractivity contribution in [3.8, 4) is 0 Å². The number of halogens is 1. The summed E-state index contributed by atoms with van der Waals surface area (Å²) in [5, 5.41) is 0.295. The van der Waals surface area contributed by atoms with Crippen molar-refractivity contribution in [3.63, 3.8) is 0 Å². The lowest BCUT2D eigenvalue weighted by molar-refractivity contribution is -0.138. The molecule has 0 N–H and O–H groups in total. The summed E-state index contributed by atoms with van der Waals surface area (Å²) in [5.41, 5.74) is 0. The van der Waals surface area contributed by atoms with Crippen molar-refractivity contribution in [2.75, 3.05) is 0 Å². The molecule has 0 saturated carbocycles. The smallest absolute Gasteiger partial charge is 0.225 e. The monoisotopic (exact) mass is 215 g/mol. The third-order valence-electron chi connectivity index (χ3n) is 3.42. The van der Waals surface area contributed by atoms with Crippen LogP contribution >= 0.6 is 11.6 Å². The van der Waals surface area contributed by atoms with E-state index in [0.717, 1.165) is 25.7 Å². The van der Waals surface area contributed by atoms with Gasteiger partial charge in [-0.3, -0.25) is 4.79 Å². The number of hydrogen-bond donors (Lipinski definition) is 0. The second-order valence-corrected chi connectivity index (χ2v) is 5.47. The van der Waals surface area contributed by atoms with Crippen molar-refractivity contribution in [3.05, 3.63) is 0 Å². The Kier molecular flexibility index (Phi) is 2.74. The summed E-state index contributed by atoms with van der Waals surface area (Å²) in [6.07, 6.45) is 4.31. The Morgan fingerprint density at radius 1 is 1.29 bits per heavy atom. The first-order chi connectivity index (χ1) is 6.59. The van der Waals surface area contributed by atoms with Gasteiger partial charge in [0.1, 0.15) is 0 Å². The molecule has 2 nitrogen and oxygen atoms in total. The molecule has 80 valence electrons. The van der Waals surface area contributed by atoms with Crippen LogP contribution in [-0.4, -0.2) is 28.3 Å². The van der Waals surface area contributed by atoms with E-state index in [1.54, 1.807) is 0 Å². The van der Waals surface area contributed by atoms with Crippen LogP contribution < -0.4 is 0 Å². The Morgan fingerprint density at radius 2 is 1.79 bits per heavy atom. The van der Waals surface area contributed by atoms with Crippen LogP contribution in [0.2, 0.25) is 0 Å². The molecular formula is C11H18ClNO. The topological polar surface area (TPSA) is 20.3 Å². The summed E-state index contributed by atoms with van der Waals surface area (Å²) in [4.78, 5) is 14.1. The molecule has 2 aliphatic rings. The SMILES string of the molecule is CC(C)C(=O)N1C2CCC1CC(Cl)C2. The second kappa shape index (κ2) is 3.73. The lowest BCUT2D eigenvalue weighted by atomic mass is 10.0. The number of carbonyl (C=O) groups excluding carboxylic acids is 1. The van der Waals surface area contributed by atoms with E-state index in [4.69, 9.17) is 11.6 Å². The van der Waals surface area contributed by atoms with Crippen molar-refractivity contribution in [1.29, 1.82) is 0 Å². The highest BCUT2D eigenvalue weighted by molar-refractivity contribution is 6.20. The number of amides is 1. The predicted molar refractivity (Wildman–Crippen MR) is 57.4 cm³/mol.